The Labute approximate surface area is 130 Å². The van der Waals surface area contributed by atoms with Crippen LogP contribution in [0.3, 0.4) is 0 Å². The molecule has 5 nitrogen and oxygen atoms in total. The maximum Gasteiger partial charge on any atom is 0.288 e. The maximum absolute atomic E-state index is 11.7. The van der Waals surface area contributed by atoms with Crippen molar-refractivity contribution in [3.8, 4) is 11.1 Å². The van der Waals surface area contributed by atoms with Gasteiger partial charge in [0, 0.05) is 24.2 Å². The van der Waals surface area contributed by atoms with Gasteiger partial charge in [0.15, 0.2) is 0 Å². The fourth-order valence-corrected chi connectivity index (χ4v) is 2.57. The van der Waals surface area contributed by atoms with Crippen LogP contribution < -0.4 is 5.32 Å². The van der Waals surface area contributed by atoms with Crippen molar-refractivity contribution in [2.24, 2.45) is 0 Å². The highest BCUT2D eigenvalue weighted by Crippen LogP contribution is 2.40. The van der Waals surface area contributed by atoms with Crippen LogP contribution in [-0.4, -0.2) is 17.9 Å². The molecule has 0 aromatic heterocycles. The van der Waals surface area contributed by atoms with Gasteiger partial charge in [-0.25, -0.2) is 0 Å². The van der Waals surface area contributed by atoms with E-state index in [4.69, 9.17) is 23.2 Å². The van der Waals surface area contributed by atoms with Crippen molar-refractivity contribution in [1.82, 2.24) is 5.32 Å². The van der Waals surface area contributed by atoms with E-state index >= 15 is 0 Å². The Balaban J connectivity index is 2.64. The third kappa shape index (κ3) is 2.99. The Morgan fingerprint density at radius 2 is 1.95 bits per heavy atom. The average Bonchev–Trinajstić information content (AvgIpc) is 2.46. The summed E-state index contributed by atoms with van der Waals surface area (Å²) >= 11 is 12.2. The van der Waals surface area contributed by atoms with Gasteiger partial charge < -0.3 is 5.32 Å². The summed E-state index contributed by atoms with van der Waals surface area (Å²) in [7, 11) is 1.52. The summed E-state index contributed by atoms with van der Waals surface area (Å²) in [5.41, 5.74) is 1.04. The molecule has 108 valence electrons. The van der Waals surface area contributed by atoms with Crippen molar-refractivity contribution in [3.63, 3.8) is 0 Å². The molecule has 1 N–H and O–H groups in total. The number of nitrogens with one attached hydrogen (secondary N) is 1. The fourth-order valence-electron chi connectivity index (χ4n) is 1.91. The zero-order chi connectivity index (χ0) is 15.6. The number of rotatable bonds is 3. The predicted molar refractivity (Wildman–Crippen MR) is 81.9 cm³/mol. The molecule has 0 saturated heterocycles. The zero-order valence-corrected chi connectivity index (χ0v) is 12.4. The van der Waals surface area contributed by atoms with Gasteiger partial charge >= 0.3 is 0 Å². The molecule has 0 atom stereocenters. The van der Waals surface area contributed by atoms with Gasteiger partial charge in [-0.05, 0) is 23.8 Å². The number of amides is 1. The Morgan fingerprint density at radius 3 is 2.57 bits per heavy atom. The lowest BCUT2D eigenvalue weighted by Gasteiger charge is -2.09. The predicted octanol–water partition coefficient (Wildman–Crippen LogP) is 3.93. The van der Waals surface area contributed by atoms with Gasteiger partial charge in [-0.2, -0.15) is 0 Å². The molecule has 0 bridgehead atoms. The van der Waals surface area contributed by atoms with Gasteiger partial charge in [-0.15, -0.1) is 0 Å². The SMILES string of the molecule is CNC(=O)c1cccc(-c2c(Cl)ccc([N+](=O)[O-])c2Cl)c1. The number of halogens is 2. The third-order valence-electron chi connectivity index (χ3n) is 2.91. The number of hydrogen-bond acceptors (Lipinski definition) is 3. The molecule has 0 aliphatic heterocycles. The molecule has 0 saturated carbocycles. The van der Waals surface area contributed by atoms with Crippen LogP contribution in [0, 0.1) is 10.1 Å². The Kier molecular flexibility index (Phi) is 4.45. The minimum atomic E-state index is -0.579. The molecule has 7 heteroatoms. The minimum absolute atomic E-state index is 0.0541. The highest BCUT2D eigenvalue weighted by Gasteiger charge is 2.20. The Bertz CT molecular complexity index is 732. The number of nitro benzene ring substituents is 1. The lowest BCUT2D eigenvalue weighted by molar-refractivity contribution is -0.384. The van der Waals surface area contributed by atoms with Crippen LogP contribution in [0.2, 0.25) is 10.0 Å². The first kappa shape index (κ1) is 15.3. The van der Waals surface area contributed by atoms with E-state index in [1.807, 2.05) is 0 Å². The van der Waals surface area contributed by atoms with Gasteiger partial charge in [-0.3, -0.25) is 14.9 Å². The quantitative estimate of drug-likeness (QED) is 0.686. The van der Waals surface area contributed by atoms with E-state index in [1.165, 1.54) is 19.2 Å². The molecular formula is C14H10Cl2N2O3. The van der Waals surface area contributed by atoms with E-state index in [-0.39, 0.29) is 21.6 Å². The summed E-state index contributed by atoms with van der Waals surface area (Å²) in [5.74, 6) is -0.269. The topological polar surface area (TPSA) is 72.2 Å². The third-order valence-corrected chi connectivity index (χ3v) is 3.61. The molecule has 2 rings (SSSR count). The summed E-state index contributed by atoms with van der Waals surface area (Å²) < 4.78 is 0. The summed E-state index contributed by atoms with van der Waals surface area (Å²) in [6.45, 7) is 0. The molecule has 0 unspecified atom stereocenters. The van der Waals surface area contributed by atoms with Crippen LogP contribution in [0.4, 0.5) is 5.69 Å². The number of benzene rings is 2. The summed E-state index contributed by atoms with van der Waals surface area (Å²) in [4.78, 5) is 22.0. The molecule has 1 amide bonds. The van der Waals surface area contributed by atoms with Crippen molar-refractivity contribution >= 4 is 34.8 Å². The van der Waals surface area contributed by atoms with Crippen LogP contribution in [0.15, 0.2) is 36.4 Å². The van der Waals surface area contributed by atoms with E-state index in [2.05, 4.69) is 5.32 Å². The highest BCUT2D eigenvalue weighted by atomic mass is 35.5. The van der Waals surface area contributed by atoms with Gasteiger partial charge in [0.25, 0.3) is 11.6 Å². The number of nitrogens with zero attached hydrogens (tertiary/aromatic N) is 1. The molecule has 21 heavy (non-hydrogen) atoms. The second kappa shape index (κ2) is 6.11. The van der Waals surface area contributed by atoms with E-state index in [0.29, 0.717) is 16.7 Å². The largest absolute Gasteiger partial charge is 0.355 e. The minimum Gasteiger partial charge on any atom is -0.355 e. The van der Waals surface area contributed by atoms with Crippen molar-refractivity contribution in [3.05, 3.63) is 62.1 Å². The van der Waals surface area contributed by atoms with E-state index < -0.39 is 4.92 Å². The zero-order valence-electron chi connectivity index (χ0n) is 10.9. The van der Waals surface area contributed by atoms with Gasteiger partial charge in [0.2, 0.25) is 0 Å². The first-order valence-electron chi connectivity index (χ1n) is 5.90. The molecule has 0 radical (unpaired) electrons. The van der Waals surface area contributed by atoms with Crippen molar-refractivity contribution in [2.45, 2.75) is 0 Å². The summed E-state index contributed by atoms with van der Waals surface area (Å²) in [6.07, 6.45) is 0. The van der Waals surface area contributed by atoms with Crippen molar-refractivity contribution in [1.29, 1.82) is 0 Å². The van der Waals surface area contributed by atoms with Gasteiger partial charge in [-0.1, -0.05) is 35.3 Å². The standard InChI is InChI=1S/C14H10Cl2N2O3/c1-17-14(19)9-4-2-3-8(7-9)12-10(15)5-6-11(13(12)16)18(20)21/h2-7H,1H3,(H,17,19). The normalized spacial score (nSPS) is 10.2. The molecule has 2 aromatic rings. The maximum atomic E-state index is 11.7. The van der Waals surface area contributed by atoms with E-state index in [9.17, 15) is 14.9 Å². The molecule has 0 aliphatic carbocycles. The lowest BCUT2D eigenvalue weighted by Crippen LogP contribution is -2.17. The molecule has 0 spiro atoms. The average molecular weight is 325 g/mol. The van der Waals surface area contributed by atoms with Crippen LogP contribution in [-0.2, 0) is 0 Å². The second-order valence-corrected chi connectivity index (χ2v) is 4.96. The van der Waals surface area contributed by atoms with Gasteiger partial charge in [0.1, 0.15) is 5.02 Å². The number of carbonyl (C=O) groups excluding carboxylic acids is 1. The lowest BCUT2D eigenvalue weighted by atomic mass is 10.0. The molecule has 2 aromatic carbocycles. The summed E-state index contributed by atoms with van der Waals surface area (Å²) in [6, 6.07) is 9.20. The molecule has 0 fully saturated rings. The number of carbonyl (C=O) groups is 1. The molecule has 0 aliphatic rings. The van der Waals surface area contributed by atoms with Crippen LogP contribution in [0.25, 0.3) is 11.1 Å². The van der Waals surface area contributed by atoms with E-state index in [0.717, 1.165) is 0 Å². The van der Waals surface area contributed by atoms with Crippen LogP contribution >= 0.6 is 23.2 Å². The molecule has 0 heterocycles. The second-order valence-electron chi connectivity index (χ2n) is 4.17. The Morgan fingerprint density at radius 1 is 1.24 bits per heavy atom. The fraction of sp³-hybridized carbons (Fsp3) is 0.0714. The monoisotopic (exact) mass is 324 g/mol. The summed E-state index contributed by atoms with van der Waals surface area (Å²) in [5, 5.41) is 13.7. The van der Waals surface area contributed by atoms with Crippen LogP contribution in [0.1, 0.15) is 10.4 Å². The first-order valence-corrected chi connectivity index (χ1v) is 6.66. The smallest absolute Gasteiger partial charge is 0.288 e. The van der Waals surface area contributed by atoms with Crippen LogP contribution in [0.5, 0.6) is 0 Å². The number of hydrogen-bond donors (Lipinski definition) is 1. The van der Waals surface area contributed by atoms with E-state index in [1.54, 1.807) is 24.3 Å². The van der Waals surface area contributed by atoms with Crippen molar-refractivity contribution in [2.75, 3.05) is 7.05 Å². The van der Waals surface area contributed by atoms with Crippen molar-refractivity contribution < 1.29 is 9.72 Å². The first-order chi connectivity index (χ1) is 9.95. The van der Waals surface area contributed by atoms with Gasteiger partial charge in [0.05, 0.1) is 9.95 Å². The highest BCUT2D eigenvalue weighted by molar-refractivity contribution is 6.40. The Hall–Kier alpha value is -2.11. The molecular weight excluding hydrogens is 315 g/mol. The number of nitro groups is 1.